The third-order valence-electron chi connectivity index (χ3n) is 4.26. The highest BCUT2D eigenvalue weighted by molar-refractivity contribution is 5.77. The summed E-state index contributed by atoms with van der Waals surface area (Å²) in [6, 6.07) is 7.38. The fourth-order valence-corrected chi connectivity index (χ4v) is 2.71. The molecule has 5 nitrogen and oxygen atoms in total. The van der Waals surface area contributed by atoms with Crippen molar-refractivity contribution in [2.45, 2.75) is 39.8 Å². The monoisotopic (exact) mass is 313 g/mol. The van der Waals surface area contributed by atoms with Crippen LogP contribution in [0.4, 0.5) is 0 Å². The number of rotatable bonds is 3. The topological polar surface area (TPSA) is 58.1 Å². The summed E-state index contributed by atoms with van der Waals surface area (Å²) >= 11 is 0. The van der Waals surface area contributed by atoms with Crippen LogP contribution in [0.1, 0.15) is 39.6 Å². The molecule has 0 spiro atoms. The number of aliphatic hydroxyl groups excluding tert-OH is 1. The second-order valence-corrected chi connectivity index (χ2v) is 7.36. The molecule has 3 rings (SSSR count). The van der Waals surface area contributed by atoms with Crippen LogP contribution in [-0.2, 0) is 0 Å². The Morgan fingerprint density at radius 1 is 1.39 bits per heavy atom. The summed E-state index contributed by atoms with van der Waals surface area (Å²) in [6.07, 6.45) is -0.842. The molecule has 5 heteroatoms. The lowest BCUT2D eigenvalue weighted by Gasteiger charge is -2.28. The van der Waals surface area contributed by atoms with E-state index in [9.17, 15) is 9.90 Å². The largest absolute Gasteiger partial charge is 0.385 e. The van der Waals surface area contributed by atoms with Gasteiger partial charge in [-0.15, -0.1) is 0 Å². The molecule has 0 unspecified atom stereocenters. The van der Waals surface area contributed by atoms with Crippen LogP contribution < -0.4 is 10.6 Å². The van der Waals surface area contributed by atoms with E-state index < -0.39 is 11.5 Å². The number of nitrogens with zero attached hydrogens (tertiary/aromatic N) is 3. The molecule has 0 aliphatic carbocycles. The molecule has 1 aliphatic heterocycles. The van der Waals surface area contributed by atoms with Crippen LogP contribution in [0.5, 0.6) is 0 Å². The first-order valence-corrected chi connectivity index (χ1v) is 7.84. The van der Waals surface area contributed by atoms with Crippen molar-refractivity contribution >= 4 is 10.9 Å². The predicted molar refractivity (Wildman–Crippen MR) is 92.1 cm³/mol. The van der Waals surface area contributed by atoms with Gasteiger partial charge < -0.3 is 5.11 Å². The van der Waals surface area contributed by atoms with Crippen LogP contribution in [0.2, 0.25) is 0 Å². The standard InChI is InChI=1S/C18H23N3O2/c1-11(2)14-10-20(14)21-16(15(22)18(3,4)5)19-13-9-7-6-8-12(13)17(21)23/h6-9,14-15,22H,1,10H2,2-5H3/t14-,15-,20?/m1/s1. The van der Waals surface area contributed by atoms with Crippen LogP contribution in [0.3, 0.4) is 0 Å². The highest BCUT2D eigenvalue weighted by atomic mass is 16.3. The molecule has 1 aliphatic rings. The van der Waals surface area contributed by atoms with Gasteiger partial charge in [-0.3, -0.25) is 9.80 Å². The maximum absolute atomic E-state index is 13.0. The Labute approximate surface area is 135 Å². The molecule has 1 fully saturated rings. The van der Waals surface area contributed by atoms with Gasteiger partial charge in [0, 0.05) is 0 Å². The van der Waals surface area contributed by atoms with Gasteiger partial charge in [-0.05, 0) is 24.5 Å². The van der Waals surface area contributed by atoms with Gasteiger partial charge in [0.25, 0.3) is 5.56 Å². The number of fused-ring (bicyclic) bond motifs is 1. The molecule has 23 heavy (non-hydrogen) atoms. The maximum Gasteiger partial charge on any atom is 0.280 e. The molecule has 0 bridgehead atoms. The van der Waals surface area contributed by atoms with Gasteiger partial charge >= 0.3 is 0 Å². The molecule has 122 valence electrons. The van der Waals surface area contributed by atoms with Gasteiger partial charge in [-0.25, -0.2) is 9.66 Å². The second kappa shape index (κ2) is 5.20. The lowest BCUT2D eigenvalue weighted by Crippen LogP contribution is -2.37. The van der Waals surface area contributed by atoms with E-state index in [2.05, 4.69) is 11.6 Å². The Morgan fingerprint density at radius 3 is 2.61 bits per heavy atom. The molecule has 1 aromatic carbocycles. The zero-order chi connectivity index (χ0) is 16.9. The first-order valence-electron chi connectivity index (χ1n) is 7.84. The lowest BCUT2D eigenvalue weighted by molar-refractivity contribution is 0.0512. The van der Waals surface area contributed by atoms with Gasteiger partial charge in [0.05, 0.1) is 23.5 Å². The van der Waals surface area contributed by atoms with Crippen LogP contribution in [-0.4, -0.2) is 27.4 Å². The Hall–Kier alpha value is -2.14. The molecule has 2 aromatic rings. The van der Waals surface area contributed by atoms with Crippen LogP contribution in [0, 0.1) is 5.41 Å². The van der Waals surface area contributed by atoms with Gasteiger partial charge in [-0.2, -0.15) is 0 Å². The molecule has 2 atom stereocenters. The van der Waals surface area contributed by atoms with Crippen molar-refractivity contribution in [3.63, 3.8) is 0 Å². The van der Waals surface area contributed by atoms with Crippen LogP contribution in [0.15, 0.2) is 41.2 Å². The normalized spacial score (nSPS) is 19.0. The quantitative estimate of drug-likeness (QED) is 0.698. The average molecular weight is 313 g/mol. The summed E-state index contributed by atoms with van der Waals surface area (Å²) in [7, 11) is 0. The maximum atomic E-state index is 13.0. The van der Waals surface area contributed by atoms with Crippen molar-refractivity contribution in [2.75, 3.05) is 11.6 Å². The minimum atomic E-state index is -0.842. The van der Waals surface area contributed by atoms with Crippen molar-refractivity contribution in [3.8, 4) is 0 Å². The van der Waals surface area contributed by atoms with E-state index in [0.717, 1.165) is 12.1 Å². The molecule has 1 aromatic heterocycles. The Morgan fingerprint density at radius 2 is 2.04 bits per heavy atom. The summed E-state index contributed by atoms with van der Waals surface area (Å²) in [4.78, 5) is 17.6. The number of aliphatic hydroxyl groups is 1. The average Bonchev–Trinajstić information content (AvgIpc) is 3.25. The molecular weight excluding hydrogens is 290 g/mol. The van der Waals surface area contributed by atoms with E-state index in [-0.39, 0.29) is 11.6 Å². The molecule has 1 saturated heterocycles. The van der Waals surface area contributed by atoms with Crippen molar-refractivity contribution in [2.24, 2.45) is 5.41 Å². The van der Waals surface area contributed by atoms with E-state index in [4.69, 9.17) is 0 Å². The zero-order valence-corrected chi connectivity index (χ0v) is 14.1. The fourth-order valence-electron chi connectivity index (χ4n) is 2.71. The Kier molecular flexibility index (Phi) is 3.56. The number of benzene rings is 1. The molecule has 2 heterocycles. The summed E-state index contributed by atoms with van der Waals surface area (Å²) in [5.74, 6) is 0.393. The van der Waals surface area contributed by atoms with E-state index in [1.165, 1.54) is 4.68 Å². The van der Waals surface area contributed by atoms with Crippen LogP contribution >= 0.6 is 0 Å². The van der Waals surface area contributed by atoms with Gasteiger partial charge in [0.2, 0.25) is 0 Å². The van der Waals surface area contributed by atoms with Gasteiger partial charge in [0.15, 0.2) is 5.82 Å². The van der Waals surface area contributed by atoms with E-state index >= 15 is 0 Å². The smallest absolute Gasteiger partial charge is 0.280 e. The van der Waals surface area contributed by atoms with Crippen LogP contribution in [0.25, 0.3) is 10.9 Å². The molecular formula is C18H23N3O2. The number of hydrogen-bond donors (Lipinski definition) is 1. The predicted octanol–water partition coefficient (Wildman–Crippen LogP) is 2.37. The molecule has 0 saturated carbocycles. The van der Waals surface area contributed by atoms with Crippen molar-refractivity contribution in [1.29, 1.82) is 0 Å². The number of hydrogen-bond acceptors (Lipinski definition) is 4. The van der Waals surface area contributed by atoms with E-state index in [1.807, 2.05) is 44.8 Å². The van der Waals surface area contributed by atoms with Crippen molar-refractivity contribution < 1.29 is 5.11 Å². The number of aromatic nitrogens is 2. The molecule has 1 N–H and O–H groups in total. The van der Waals surface area contributed by atoms with E-state index in [1.54, 1.807) is 12.1 Å². The van der Waals surface area contributed by atoms with Crippen molar-refractivity contribution in [3.05, 3.63) is 52.6 Å². The second-order valence-electron chi connectivity index (χ2n) is 7.36. The third kappa shape index (κ3) is 2.65. The molecule has 0 radical (unpaired) electrons. The lowest BCUT2D eigenvalue weighted by atomic mass is 9.88. The minimum absolute atomic E-state index is 0.126. The summed E-state index contributed by atoms with van der Waals surface area (Å²) in [5.41, 5.74) is 1.05. The van der Waals surface area contributed by atoms with E-state index in [0.29, 0.717) is 16.7 Å². The third-order valence-corrected chi connectivity index (χ3v) is 4.26. The SMILES string of the molecule is C=C(C)[C@H]1CN1n1c([C@@H](O)C(C)(C)C)nc2ccccc2c1=O. The summed E-state index contributed by atoms with van der Waals surface area (Å²) in [5, 5.41) is 13.2. The highest BCUT2D eigenvalue weighted by Crippen LogP contribution is 2.33. The fraction of sp³-hybridized carbons (Fsp3) is 0.444. The van der Waals surface area contributed by atoms with Gasteiger partial charge in [0.1, 0.15) is 6.10 Å². The Bertz CT molecular complexity index is 832. The summed E-state index contributed by atoms with van der Waals surface area (Å²) in [6.45, 7) is 12.4. The molecule has 0 amide bonds. The zero-order valence-electron chi connectivity index (χ0n) is 14.1. The van der Waals surface area contributed by atoms with Crippen molar-refractivity contribution in [1.82, 2.24) is 9.66 Å². The minimum Gasteiger partial charge on any atom is -0.385 e. The Balaban J connectivity index is 2.25. The first-order chi connectivity index (χ1) is 10.7. The first kappa shape index (κ1) is 15.7. The number of para-hydroxylation sites is 1. The summed E-state index contributed by atoms with van der Waals surface area (Å²) < 4.78 is 1.54. The van der Waals surface area contributed by atoms with Gasteiger partial charge in [-0.1, -0.05) is 45.1 Å². The highest BCUT2D eigenvalue weighted by Gasteiger charge is 2.40.